The van der Waals surface area contributed by atoms with Crippen LogP contribution in [0.25, 0.3) is 0 Å². The maximum absolute atomic E-state index is 10.0. The molecule has 1 N–H and O–H groups in total. The number of allylic oxidation sites excluding steroid dienone is 3. The zero-order valence-electron chi connectivity index (χ0n) is 9.75. The predicted molar refractivity (Wildman–Crippen MR) is 61.0 cm³/mol. The molecule has 3 nitrogen and oxygen atoms in total. The molecular weight excluding hydrogens is 192 g/mol. The fourth-order valence-corrected chi connectivity index (χ4v) is 1.14. The maximum atomic E-state index is 10.0. The normalized spacial score (nSPS) is 11.0. The average Bonchev–Trinajstić information content (AvgIpc) is 2.11. The quantitative estimate of drug-likeness (QED) is 0.414. The van der Waals surface area contributed by atoms with Crippen LogP contribution in [0.5, 0.6) is 0 Å². The third-order valence-corrected chi connectivity index (χ3v) is 1.93. The summed E-state index contributed by atoms with van der Waals surface area (Å²) in [6.45, 7) is 6.47. The van der Waals surface area contributed by atoms with Crippen molar-refractivity contribution in [3.63, 3.8) is 0 Å². The Balaban J connectivity index is 3.61. The Labute approximate surface area is 91.4 Å². The van der Waals surface area contributed by atoms with Crippen molar-refractivity contribution in [3.8, 4) is 0 Å². The van der Waals surface area contributed by atoms with E-state index in [0.717, 1.165) is 12.8 Å². The molecule has 0 atom stereocenters. The summed E-state index contributed by atoms with van der Waals surface area (Å²) in [5.74, 6) is 0. The van der Waals surface area contributed by atoms with E-state index in [4.69, 9.17) is 5.11 Å². The highest BCUT2D eigenvalue weighted by atomic mass is 16.7. The van der Waals surface area contributed by atoms with E-state index in [-0.39, 0.29) is 6.61 Å². The summed E-state index contributed by atoms with van der Waals surface area (Å²) in [7, 11) is 0. The molecule has 0 bridgehead atoms. The summed E-state index contributed by atoms with van der Waals surface area (Å²) >= 11 is 0. The van der Waals surface area contributed by atoms with Crippen LogP contribution in [0, 0.1) is 0 Å². The van der Waals surface area contributed by atoms with Crippen LogP contribution < -0.4 is 0 Å². The van der Waals surface area contributed by atoms with Gasteiger partial charge in [-0.3, -0.25) is 0 Å². The van der Waals surface area contributed by atoms with Crippen molar-refractivity contribution in [1.29, 1.82) is 0 Å². The molecular formula is C12H20O3. The highest BCUT2D eigenvalue weighted by Crippen LogP contribution is 2.07. The van der Waals surface area contributed by atoms with Gasteiger partial charge in [0.15, 0.2) is 0 Å². The Bertz CT molecular complexity index is 248. The molecule has 0 aliphatic rings. The van der Waals surface area contributed by atoms with Gasteiger partial charge >= 0.3 is 6.16 Å². The van der Waals surface area contributed by atoms with Gasteiger partial charge in [-0.05, 0) is 40.0 Å². The number of ether oxygens (including phenoxy) is 1. The van der Waals surface area contributed by atoms with E-state index in [1.54, 1.807) is 0 Å². The van der Waals surface area contributed by atoms with Crippen LogP contribution in [0.1, 0.15) is 40.0 Å². The van der Waals surface area contributed by atoms with Crippen molar-refractivity contribution in [2.24, 2.45) is 0 Å². The summed E-state index contributed by atoms with van der Waals surface area (Å²) in [5, 5.41) is 8.23. The van der Waals surface area contributed by atoms with Gasteiger partial charge in [-0.1, -0.05) is 23.3 Å². The number of hydrogen-bond donors (Lipinski definition) is 1. The smallest absolute Gasteiger partial charge is 0.450 e. The molecule has 0 aliphatic carbocycles. The van der Waals surface area contributed by atoms with Gasteiger partial charge in [0.1, 0.15) is 0 Å². The zero-order valence-corrected chi connectivity index (χ0v) is 9.75. The second-order valence-electron chi connectivity index (χ2n) is 3.77. The highest BCUT2D eigenvalue weighted by molar-refractivity contribution is 5.56. The highest BCUT2D eigenvalue weighted by Gasteiger charge is 1.94. The first kappa shape index (κ1) is 13.8. The van der Waals surface area contributed by atoms with Gasteiger partial charge in [-0.25, -0.2) is 4.79 Å². The van der Waals surface area contributed by atoms with Crippen molar-refractivity contribution in [1.82, 2.24) is 0 Å². The number of carbonyl (C=O) groups is 1. The van der Waals surface area contributed by atoms with Gasteiger partial charge in [0.05, 0.1) is 6.61 Å². The molecule has 0 unspecified atom stereocenters. The van der Waals surface area contributed by atoms with Gasteiger partial charge in [0.2, 0.25) is 0 Å². The topological polar surface area (TPSA) is 46.5 Å². The molecule has 0 aromatic carbocycles. The molecule has 0 heterocycles. The second kappa shape index (κ2) is 8.09. The van der Waals surface area contributed by atoms with Crippen LogP contribution in [0.2, 0.25) is 0 Å². The zero-order chi connectivity index (χ0) is 11.7. The minimum Gasteiger partial charge on any atom is -0.450 e. The summed E-state index contributed by atoms with van der Waals surface area (Å²) in [6, 6.07) is 0. The van der Waals surface area contributed by atoms with Crippen molar-refractivity contribution in [2.45, 2.75) is 40.0 Å². The van der Waals surface area contributed by atoms with Crippen LogP contribution in [0.4, 0.5) is 4.79 Å². The molecule has 0 aromatic heterocycles. The molecule has 0 fully saturated rings. The maximum Gasteiger partial charge on any atom is 0.505 e. The Hall–Kier alpha value is -1.25. The number of rotatable bonds is 6. The van der Waals surface area contributed by atoms with Crippen LogP contribution in [-0.2, 0) is 4.74 Å². The SMILES string of the molecule is CC(C)=CCCC(C)=CCCOC(=O)O. The van der Waals surface area contributed by atoms with Crippen LogP contribution in [0.15, 0.2) is 23.3 Å². The van der Waals surface area contributed by atoms with E-state index >= 15 is 0 Å². The summed E-state index contributed by atoms with van der Waals surface area (Å²) in [6.07, 6.45) is 5.76. The Morgan fingerprint density at radius 3 is 2.40 bits per heavy atom. The number of carboxylic acid groups (broad SMARTS) is 1. The molecule has 0 rings (SSSR count). The molecule has 0 saturated heterocycles. The average molecular weight is 212 g/mol. The minimum atomic E-state index is -1.20. The fraction of sp³-hybridized carbons (Fsp3) is 0.583. The standard InChI is InChI=1S/C12H20O3/c1-10(2)6-4-7-11(3)8-5-9-15-12(13)14/h6,8H,4-5,7,9H2,1-3H3,(H,13,14). The summed E-state index contributed by atoms with van der Waals surface area (Å²) < 4.78 is 4.40. The van der Waals surface area contributed by atoms with Crippen molar-refractivity contribution in [3.05, 3.63) is 23.3 Å². The summed E-state index contributed by atoms with van der Waals surface area (Å²) in [4.78, 5) is 10.0. The number of hydrogen-bond acceptors (Lipinski definition) is 2. The van der Waals surface area contributed by atoms with Crippen LogP contribution in [0.3, 0.4) is 0 Å². The molecule has 15 heavy (non-hydrogen) atoms. The second-order valence-corrected chi connectivity index (χ2v) is 3.77. The van der Waals surface area contributed by atoms with E-state index in [9.17, 15) is 4.79 Å². The minimum absolute atomic E-state index is 0.245. The van der Waals surface area contributed by atoms with Crippen LogP contribution in [-0.4, -0.2) is 17.9 Å². The lowest BCUT2D eigenvalue weighted by molar-refractivity contribution is 0.0932. The molecule has 0 saturated carbocycles. The first-order valence-corrected chi connectivity index (χ1v) is 5.17. The van der Waals surface area contributed by atoms with Gasteiger partial charge in [0.25, 0.3) is 0 Å². The first-order chi connectivity index (χ1) is 7.02. The van der Waals surface area contributed by atoms with E-state index < -0.39 is 6.16 Å². The summed E-state index contributed by atoms with van der Waals surface area (Å²) in [5.41, 5.74) is 2.61. The third-order valence-electron chi connectivity index (χ3n) is 1.93. The van der Waals surface area contributed by atoms with Gasteiger partial charge < -0.3 is 9.84 Å². The molecule has 86 valence electrons. The Morgan fingerprint density at radius 2 is 1.87 bits per heavy atom. The monoisotopic (exact) mass is 212 g/mol. The van der Waals surface area contributed by atoms with E-state index in [1.807, 2.05) is 6.08 Å². The molecule has 0 radical (unpaired) electrons. The van der Waals surface area contributed by atoms with Crippen LogP contribution >= 0.6 is 0 Å². The molecule has 0 spiro atoms. The van der Waals surface area contributed by atoms with Crippen molar-refractivity contribution < 1.29 is 14.6 Å². The lowest BCUT2D eigenvalue weighted by Crippen LogP contribution is -2.00. The predicted octanol–water partition coefficient (Wildman–Crippen LogP) is 3.76. The fourth-order valence-electron chi connectivity index (χ4n) is 1.14. The lowest BCUT2D eigenvalue weighted by Gasteiger charge is -2.00. The Kier molecular flexibility index (Phi) is 7.42. The molecule has 0 aliphatic heterocycles. The molecule has 0 amide bonds. The lowest BCUT2D eigenvalue weighted by atomic mass is 10.1. The van der Waals surface area contributed by atoms with Crippen molar-refractivity contribution >= 4 is 6.16 Å². The van der Waals surface area contributed by atoms with E-state index in [2.05, 4.69) is 31.6 Å². The van der Waals surface area contributed by atoms with E-state index in [0.29, 0.717) is 6.42 Å². The molecule has 0 aromatic rings. The van der Waals surface area contributed by atoms with Gasteiger partial charge in [0, 0.05) is 0 Å². The van der Waals surface area contributed by atoms with Gasteiger partial charge in [-0.15, -0.1) is 0 Å². The third kappa shape index (κ3) is 10.7. The Morgan fingerprint density at radius 1 is 1.20 bits per heavy atom. The first-order valence-electron chi connectivity index (χ1n) is 5.17. The van der Waals surface area contributed by atoms with Crippen molar-refractivity contribution in [2.75, 3.05) is 6.61 Å². The van der Waals surface area contributed by atoms with E-state index in [1.165, 1.54) is 11.1 Å². The van der Waals surface area contributed by atoms with Gasteiger partial charge in [-0.2, -0.15) is 0 Å². The largest absolute Gasteiger partial charge is 0.505 e. The molecule has 3 heteroatoms.